The molecule has 1 radical (unpaired) electrons. The molecule has 1 aromatic carbocycles. The molecular weight excluding hydrogens is 397 g/mol. The van der Waals surface area contributed by atoms with Crippen LogP contribution in [0.4, 0.5) is 5.69 Å². The second kappa shape index (κ2) is 7.82. The normalized spacial score (nSPS) is 21.8. The first-order chi connectivity index (χ1) is 13.0. The van der Waals surface area contributed by atoms with Crippen molar-refractivity contribution in [1.29, 1.82) is 0 Å². The number of nitrogens with zero attached hydrogens (tertiary/aromatic N) is 2. The van der Waals surface area contributed by atoms with Crippen LogP contribution in [-0.4, -0.2) is 24.1 Å². The average molecular weight is 421 g/mol. The molecule has 1 spiro atoms. The van der Waals surface area contributed by atoms with Gasteiger partial charge in [-0.05, 0) is 61.8 Å². The fourth-order valence-electron chi connectivity index (χ4n) is 4.41. The van der Waals surface area contributed by atoms with Crippen molar-refractivity contribution in [3.63, 3.8) is 0 Å². The van der Waals surface area contributed by atoms with Gasteiger partial charge in [0.25, 0.3) is 0 Å². The van der Waals surface area contributed by atoms with E-state index in [1.807, 2.05) is 12.1 Å². The number of anilines is 1. The van der Waals surface area contributed by atoms with E-state index < -0.39 is 0 Å². The minimum atomic E-state index is 0.373. The summed E-state index contributed by atoms with van der Waals surface area (Å²) in [5.41, 5.74) is 8.99. The summed E-state index contributed by atoms with van der Waals surface area (Å²) < 4.78 is 0. The zero-order chi connectivity index (χ0) is 19.0. The molecule has 2 N–H and O–H groups in total. The molecular formula is C21H24Cl2N3S. The number of pyridine rings is 1. The van der Waals surface area contributed by atoms with Crippen molar-refractivity contribution >= 4 is 40.7 Å². The second-order valence-corrected chi connectivity index (χ2v) is 9.56. The maximum absolute atomic E-state index is 6.41. The summed E-state index contributed by atoms with van der Waals surface area (Å²) in [4.78, 5) is 7.91. The summed E-state index contributed by atoms with van der Waals surface area (Å²) in [6.07, 6.45) is 9.35. The van der Waals surface area contributed by atoms with Crippen LogP contribution >= 0.6 is 35.0 Å². The highest BCUT2D eigenvalue weighted by molar-refractivity contribution is 7.99. The Morgan fingerprint density at radius 1 is 1.26 bits per heavy atom. The first-order valence-corrected chi connectivity index (χ1v) is 11.1. The standard InChI is InChI=1S/C21H24Cl2N3S/c1-14-12-15(26-10-8-21(9-11-26)7-3-6-18(21)24)13-25-20(14)27-17-5-2-4-16(22)19(17)23/h2,4-5,12,18H,3,6-11,24H2,1H3/t18-/m1/s1. The van der Waals surface area contributed by atoms with Gasteiger partial charge in [0.2, 0.25) is 0 Å². The molecule has 1 atom stereocenters. The molecule has 143 valence electrons. The molecule has 0 bridgehead atoms. The van der Waals surface area contributed by atoms with Gasteiger partial charge in [0.15, 0.2) is 0 Å². The smallest absolute Gasteiger partial charge is 0.115 e. The van der Waals surface area contributed by atoms with E-state index in [0.717, 1.165) is 34.3 Å². The van der Waals surface area contributed by atoms with Crippen LogP contribution in [-0.2, 0) is 0 Å². The van der Waals surface area contributed by atoms with Gasteiger partial charge in [-0.25, -0.2) is 4.98 Å². The third kappa shape index (κ3) is 3.82. The molecule has 0 amide bonds. The van der Waals surface area contributed by atoms with Crippen LogP contribution < -0.4 is 10.6 Å². The predicted octanol–water partition coefficient (Wildman–Crippen LogP) is 5.75. The number of halogens is 2. The third-order valence-electron chi connectivity index (χ3n) is 6.16. The van der Waals surface area contributed by atoms with Crippen LogP contribution in [0.25, 0.3) is 0 Å². The van der Waals surface area contributed by atoms with E-state index in [4.69, 9.17) is 28.9 Å². The Morgan fingerprint density at radius 2 is 2.04 bits per heavy atom. The van der Waals surface area contributed by atoms with Crippen molar-refractivity contribution in [2.24, 2.45) is 11.1 Å². The topological polar surface area (TPSA) is 42.1 Å². The summed E-state index contributed by atoms with van der Waals surface area (Å²) in [6.45, 7) is 4.17. The molecule has 1 saturated carbocycles. The Hall–Kier alpha value is -0.940. The van der Waals surface area contributed by atoms with Gasteiger partial charge in [0, 0.05) is 24.0 Å². The number of rotatable bonds is 3. The van der Waals surface area contributed by atoms with Gasteiger partial charge < -0.3 is 10.6 Å². The van der Waals surface area contributed by atoms with E-state index in [-0.39, 0.29) is 0 Å². The minimum Gasteiger partial charge on any atom is -0.370 e. The Kier molecular flexibility index (Phi) is 5.62. The van der Waals surface area contributed by atoms with Crippen LogP contribution in [0.2, 0.25) is 10.0 Å². The van der Waals surface area contributed by atoms with Gasteiger partial charge >= 0.3 is 0 Å². The quantitative estimate of drug-likeness (QED) is 0.686. The second-order valence-electron chi connectivity index (χ2n) is 7.74. The van der Waals surface area contributed by atoms with Crippen molar-refractivity contribution < 1.29 is 0 Å². The molecule has 1 saturated heterocycles. The maximum Gasteiger partial charge on any atom is 0.115 e. The van der Waals surface area contributed by atoms with E-state index in [2.05, 4.69) is 29.1 Å². The Balaban J connectivity index is 1.47. The monoisotopic (exact) mass is 420 g/mol. The van der Waals surface area contributed by atoms with Gasteiger partial charge in [-0.1, -0.05) is 47.5 Å². The number of benzene rings is 1. The number of hydrogen-bond donors (Lipinski definition) is 1. The molecule has 1 aromatic heterocycles. The van der Waals surface area contributed by atoms with Gasteiger partial charge in [-0.15, -0.1) is 0 Å². The minimum absolute atomic E-state index is 0.373. The van der Waals surface area contributed by atoms with E-state index in [1.54, 1.807) is 6.07 Å². The lowest BCUT2D eigenvalue weighted by atomic mass is 9.74. The van der Waals surface area contributed by atoms with Crippen molar-refractivity contribution in [3.05, 3.63) is 46.1 Å². The van der Waals surface area contributed by atoms with E-state index in [0.29, 0.717) is 21.5 Å². The molecule has 1 aliphatic carbocycles. The first-order valence-electron chi connectivity index (χ1n) is 9.50. The number of aromatic nitrogens is 1. The van der Waals surface area contributed by atoms with Crippen LogP contribution in [0.5, 0.6) is 0 Å². The van der Waals surface area contributed by atoms with Crippen LogP contribution in [0, 0.1) is 18.5 Å². The SMILES string of the molecule is Cc1cc(N2CCC3(CCC[C@H]3N)CC2)[c]nc1Sc1cccc(Cl)c1Cl. The maximum atomic E-state index is 6.41. The van der Waals surface area contributed by atoms with E-state index >= 15 is 0 Å². The Bertz CT molecular complexity index is 834. The Labute approximate surface area is 175 Å². The predicted molar refractivity (Wildman–Crippen MR) is 114 cm³/mol. The zero-order valence-corrected chi connectivity index (χ0v) is 17.8. The summed E-state index contributed by atoms with van der Waals surface area (Å²) in [5, 5.41) is 2.05. The average Bonchev–Trinajstić information content (AvgIpc) is 3.01. The van der Waals surface area contributed by atoms with Gasteiger partial charge in [-0.2, -0.15) is 0 Å². The molecule has 2 fully saturated rings. The van der Waals surface area contributed by atoms with E-state index in [9.17, 15) is 0 Å². The van der Waals surface area contributed by atoms with Gasteiger partial charge in [0.1, 0.15) is 11.2 Å². The highest BCUT2D eigenvalue weighted by Gasteiger charge is 2.42. The number of nitrogens with two attached hydrogens (primary N) is 1. The van der Waals surface area contributed by atoms with Crippen LogP contribution in [0.15, 0.2) is 34.2 Å². The number of aryl methyl sites for hydroxylation is 1. The molecule has 27 heavy (non-hydrogen) atoms. The summed E-state index contributed by atoms with van der Waals surface area (Å²) >= 11 is 14.0. The summed E-state index contributed by atoms with van der Waals surface area (Å²) in [6, 6.07) is 8.22. The highest BCUT2D eigenvalue weighted by atomic mass is 35.5. The molecule has 4 rings (SSSR count). The van der Waals surface area contributed by atoms with Crippen molar-refractivity contribution in [2.45, 2.75) is 55.0 Å². The summed E-state index contributed by atoms with van der Waals surface area (Å²) in [5.74, 6) is 0. The fraction of sp³-hybridized carbons (Fsp3) is 0.476. The van der Waals surface area contributed by atoms with Gasteiger partial charge in [0.05, 0.1) is 15.7 Å². The van der Waals surface area contributed by atoms with Crippen LogP contribution in [0.1, 0.15) is 37.7 Å². The van der Waals surface area contributed by atoms with Gasteiger partial charge in [-0.3, -0.25) is 0 Å². The lowest BCUT2D eigenvalue weighted by Crippen LogP contribution is -2.47. The molecule has 6 heteroatoms. The fourth-order valence-corrected chi connectivity index (χ4v) is 5.74. The highest BCUT2D eigenvalue weighted by Crippen LogP contribution is 2.46. The number of piperidine rings is 1. The molecule has 2 heterocycles. The van der Waals surface area contributed by atoms with Crippen LogP contribution in [0.3, 0.4) is 0 Å². The molecule has 2 aliphatic rings. The third-order valence-corrected chi connectivity index (χ3v) is 8.26. The zero-order valence-electron chi connectivity index (χ0n) is 15.5. The molecule has 2 aromatic rings. The van der Waals surface area contributed by atoms with Crippen molar-refractivity contribution in [1.82, 2.24) is 4.98 Å². The van der Waals surface area contributed by atoms with Crippen molar-refractivity contribution in [2.75, 3.05) is 18.0 Å². The Morgan fingerprint density at radius 3 is 2.70 bits per heavy atom. The number of hydrogen-bond acceptors (Lipinski definition) is 4. The molecule has 3 nitrogen and oxygen atoms in total. The lowest BCUT2D eigenvalue weighted by molar-refractivity contribution is 0.198. The lowest BCUT2D eigenvalue weighted by Gasteiger charge is -2.42. The largest absolute Gasteiger partial charge is 0.370 e. The molecule has 0 unspecified atom stereocenters. The van der Waals surface area contributed by atoms with Crippen molar-refractivity contribution in [3.8, 4) is 0 Å². The molecule has 1 aliphatic heterocycles. The first kappa shape index (κ1) is 19.4. The van der Waals surface area contributed by atoms with E-state index in [1.165, 1.54) is 43.9 Å². The summed E-state index contributed by atoms with van der Waals surface area (Å²) in [7, 11) is 0.